The van der Waals surface area contributed by atoms with Gasteiger partial charge in [-0.05, 0) is 12.8 Å². The quantitative estimate of drug-likeness (QED) is 0.543. The van der Waals surface area contributed by atoms with Crippen LogP contribution in [-0.4, -0.2) is 67.0 Å². The summed E-state index contributed by atoms with van der Waals surface area (Å²) in [6, 6.07) is -0.471. The topological polar surface area (TPSA) is 93.2 Å². The Morgan fingerprint density at radius 3 is 2.45 bits per heavy atom. The fourth-order valence-electron chi connectivity index (χ4n) is 2.10. The lowest BCUT2D eigenvalue weighted by Gasteiger charge is -2.29. The molecule has 8 heteroatoms. The predicted molar refractivity (Wildman–Crippen MR) is 75.8 cm³/mol. The van der Waals surface area contributed by atoms with Gasteiger partial charge in [-0.15, -0.1) is 0 Å². The highest BCUT2D eigenvalue weighted by Crippen LogP contribution is 2.19. The number of hydrogen-bond donors (Lipinski definition) is 0. The average molecular weight is 314 g/mol. The van der Waals surface area contributed by atoms with Crippen LogP contribution in [-0.2, 0) is 23.9 Å². The van der Waals surface area contributed by atoms with Gasteiger partial charge < -0.3 is 19.3 Å². The third-order valence-electron chi connectivity index (χ3n) is 3.58. The predicted octanol–water partition coefficient (Wildman–Crippen LogP) is 0.545. The molecule has 0 aromatic rings. The number of rotatable bonds is 5. The molecule has 0 radical (unpaired) electrons. The average Bonchev–Trinajstić information content (AvgIpc) is 2.46. The molecule has 1 rings (SSSR count). The van der Waals surface area contributed by atoms with E-state index >= 15 is 0 Å². The zero-order chi connectivity index (χ0) is 16.7. The molecule has 0 bridgehead atoms. The van der Waals surface area contributed by atoms with Gasteiger partial charge >= 0.3 is 12.1 Å². The molecular formula is C14H22N2O6. The zero-order valence-corrected chi connectivity index (χ0v) is 13.2. The first-order valence-electron chi connectivity index (χ1n) is 7.12. The first kappa shape index (κ1) is 17.9. The van der Waals surface area contributed by atoms with Crippen LogP contribution in [0.15, 0.2) is 0 Å². The Hall–Kier alpha value is -2.12. The minimum Gasteiger partial charge on any atom is -0.426 e. The van der Waals surface area contributed by atoms with E-state index in [0.717, 1.165) is 12.8 Å². The van der Waals surface area contributed by atoms with E-state index in [2.05, 4.69) is 0 Å². The summed E-state index contributed by atoms with van der Waals surface area (Å²) in [5.74, 6) is -0.933. The third-order valence-corrected chi connectivity index (χ3v) is 3.58. The number of likely N-dealkylation sites (N-methyl/N-ethyl adjacent to an activating group) is 2. The summed E-state index contributed by atoms with van der Waals surface area (Å²) < 4.78 is 9.52. The molecule has 124 valence electrons. The van der Waals surface area contributed by atoms with E-state index in [1.165, 1.54) is 30.8 Å². The fourth-order valence-corrected chi connectivity index (χ4v) is 2.10. The second-order valence-electron chi connectivity index (χ2n) is 5.26. The molecule has 22 heavy (non-hydrogen) atoms. The zero-order valence-electron chi connectivity index (χ0n) is 13.2. The number of ketones is 1. The number of hydrogen-bond acceptors (Lipinski definition) is 6. The number of Topliss-reactive ketones (excluding diaryl/α,β-unsaturated/α-hetero) is 1. The summed E-state index contributed by atoms with van der Waals surface area (Å²) >= 11 is 0. The van der Waals surface area contributed by atoms with Crippen molar-refractivity contribution in [3.63, 3.8) is 0 Å². The van der Waals surface area contributed by atoms with Gasteiger partial charge in [0.15, 0.2) is 5.78 Å². The number of esters is 1. The summed E-state index contributed by atoms with van der Waals surface area (Å²) in [6.45, 7) is 0.557. The molecule has 8 nitrogen and oxygen atoms in total. The number of nitrogens with zero attached hydrogens (tertiary/aromatic N) is 2. The lowest BCUT2D eigenvalue weighted by molar-refractivity contribution is -0.156. The van der Waals surface area contributed by atoms with E-state index in [4.69, 9.17) is 9.47 Å². The molecule has 2 amide bonds. The SMILES string of the molecule is CC(=O)N(C)CC(=O)OCOC(=O)N(C)[C@@H]1CCCCC1=O. The Balaban J connectivity index is 2.31. The van der Waals surface area contributed by atoms with Crippen LogP contribution < -0.4 is 0 Å². The van der Waals surface area contributed by atoms with E-state index in [0.29, 0.717) is 12.8 Å². The first-order valence-corrected chi connectivity index (χ1v) is 7.12. The van der Waals surface area contributed by atoms with Gasteiger partial charge in [0.2, 0.25) is 12.7 Å². The van der Waals surface area contributed by atoms with Crippen LogP contribution >= 0.6 is 0 Å². The van der Waals surface area contributed by atoms with Gasteiger partial charge in [0.25, 0.3) is 0 Å². The molecule has 1 saturated carbocycles. The molecule has 1 fully saturated rings. The van der Waals surface area contributed by atoms with E-state index in [1.54, 1.807) is 0 Å². The molecule has 0 aromatic heterocycles. The van der Waals surface area contributed by atoms with Crippen molar-refractivity contribution in [1.82, 2.24) is 9.80 Å². The van der Waals surface area contributed by atoms with Crippen LogP contribution in [0, 0.1) is 0 Å². The third kappa shape index (κ3) is 5.34. The van der Waals surface area contributed by atoms with Crippen molar-refractivity contribution in [3.8, 4) is 0 Å². The van der Waals surface area contributed by atoms with Crippen molar-refractivity contribution < 1.29 is 28.7 Å². The molecular weight excluding hydrogens is 292 g/mol. The molecule has 1 aliphatic carbocycles. The molecule has 0 N–H and O–H groups in total. The maximum absolute atomic E-state index is 11.8. The summed E-state index contributed by atoms with van der Waals surface area (Å²) in [4.78, 5) is 48.3. The van der Waals surface area contributed by atoms with Crippen molar-refractivity contribution in [2.45, 2.75) is 38.6 Å². The smallest absolute Gasteiger partial charge is 0.413 e. The van der Waals surface area contributed by atoms with Crippen LogP contribution in [0.2, 0.25) is 0 Å². The van der Waals surface area contributed by atoms with Gasteiger partial charge in [-0.1, -0.05) is 6.42 Å². The van der Waals surface area contributed by atoms with Crippen LogP contribution in [0.25, 0.3) is 0 Å². The number of ether oxygens (including phenoxy) is 2. The summed E-state index contributed by atoms with van der Waals surface area (Å²) in [6.07, 6.45) is 2.11. The Morgan fingerprint density at radius 2 is 1.86 bits per heavy atom. The second-order valence-corrected chi connectivity index (χ2v) is 5.26. The monoisotopic (exact) mass is 314 g/mol. The molecule has 1 atom stereocenters. The highest BCUT2D eigenvalue weighted by molar-refractivity contribution is 5.87. The van der Waals surface area contributed by atoms with E-state index in [-0.39, 0.29) is 18.2 Å². The van der Waals surface area contributed by atoms with Crippen molar-refractivity contribution in [2.75, 3.05) is 27.4 Å². The second kappa shape index (κ2) is 8.35. The maximum atomic E-state index is 11.8. The lowest BCUT2D eigenvalue weighted by Crippen LogP contribution is -2.44. The summed E-state index contributed by atoms with van der Waals surface area (Å²) in [5.41, 5.74) is 0. The van der Waals surface area contributed by atoms with Gasteiger partial charge in [0, 0.05) is 27.4 Å². The van der Waals surface area contributed by atoms with Crippen LogP contribution in [0.1, 0.15) is 32.6 Å². The van der Waals surface area contributed by atoms with Gasteiger partial charge in [-0.2, -0.15) is 0 Å². The Kier molecular flexibility index (Phi) is 6.81. The van der Waals surface area contributed by atoms with Crippen molar-refractivity contribution in [1.29, 1.82) is 0 Å². The van der Waals surface area contributed by atoms with E-state index in [1.807, 2.05) is 0 Å². The van der Waals surface area contributed by atoms with Crippen LogP contribution in [0.4, 0.5) is 4.79 Å². The van der Waals surface area contributed by atoms with Crippen LogP contribution in [0.5, 0.6) is 0 Å². The standard InChI is InChI=1S/C14H22N2O6/c1-10(17)15(2)8-13(19)21-9-22-14(20)16(3)11-6-4-5-7-12(11)18/h11H,4-9H2,1-3H3/t11-/m1/s1. The molecule has 0 saturated heterocycles. The van der Waals surface area contributed by atoms with Gasteiger partial charge in [-0.25, -0.2) is 4.79 Å². The van der Waals surface area contributed by atoms with Crippen molar-refractivity contribution in [2.24, 2.45) is 0 Å². The molecule has 0 heterocycles. The van der Waals surface area contributed by atoms with Crippen molar-refractivity contribution >= 4 is 23.8 Å². The first-order chi connectivity index (χ1) is 10.3. The molecule has 0 unspecified atom stereocenters. The molecule has 0 aliphatic heterocycles. The van der Waals surface area contributed by atoms with E-state index < -0.39 is 24.9 Å². The number of carbonyl (C=O) groups excluding carboxylic acids is 4. The van der Waals surface area contributed by atoms with E-state index in [9.17, 15) is 19.2 Å². The lowest BCUT2D eigenvalue weighted by atomic mass is 9.93. The Labute approximate surface area is 129 Å². The molecule has 0 spiro atoms. The highest BCUT2D eigenvalue weighted by Gasteiger charge is 2.29. The summed E-state index contributed by atoms with van der Waals surface area (Å²) in [5, 5.41) is 0. The van der Waals surface area contributed by atoms with Gasteiger partial charge in [0.1, 0.15) is 6.54 Å². The van der Waals surface area contributed by atoms with Gasteiger partial charge in [-0.3, -0.25) is 14.4 Å². The minimum atomic E-state index is -0.715. The number of amides is 2. The molecule has 1 aliphatic rings. The normalized spacial score (nSPS) is 17.6. The molecule has 0 aromatic carbocycles. The van der Waals surface area contributed by atoms with Crippen LogP contribution in [0.3, 0.4) is 0 Å². The van der Waals surface area contributed by atoms with Crippen molar-refractivity contribution in [3.05, 3.63) is 0 Å². The Morgan fingerprint density at radius 1 is 1.18 bits per heavy atom. The summed E-state index contributed by atoms with van der Waals surface area (Å²) in [7, 11) is 2.94. The van der Waals surface area contributed by atoms with Gasteiger partial charge in [0.05, 0.1) is 6.04 Å². The highest BCUT2D eigenvalue weighted by atomic mass is 16.7. The fraction of sp³-hybridized carbons (Fsp3) is 0.714. The minimum absolute atomic E-state index is 0.0192. The number of carbonyl (C=O) groups is 4. The maximum Gasteiger partial charge on any atom is 0.413 e. The largest absolute Gasteiger partial charge is 0.426 e. The Bertz CT molecular complexity index is 451.